The van der Waals surface area contributed by atoms with E-state index in [9.17, 15) is 22.0 Å². The second kappa shape index (κ2) is 7.52. The molecule has 12 heteroatoms. The van der Waals surface area contributed by atoms with Crippen LogP contribution in [-0.2, 0) is 12.7 Å². The van der Waals surface area contributed by atoms with Gasteiger partial charge in [-0.2, -0.15) is 18.3 Å². The van der Waals surface area contributed by atoms with E-state index in [-0.39, 0.29) is 5.41 Å². The molecule has 0 aromatic carbocycles. The van der Waals surface area contributed by atoms with E-state index in [0.717, 1.165) is 30.1 Å². The highest BCUT2D eigenvalue weighted by molar-refractivity contribution is 5.71. The maximum atomic E-state index is 12.8. The zero-order chi connectivity index (χ0) is 22.5. The Kier molecular flexibility index (Phi) is 4.90. The van der Waals surface area contributed by atoms with Gasteiger partial charge in [-0.3, -0.25) is 0 Å². The lowest BCUT2D eigenvalue weighted by Gasteiger charge is -2.55. The highest BCUT2D eigenvalue weighted by Crippen LogP contribution is 2.42. The summed E-state index contributed by atoms with van der Waals surface area (Å²) in [6, 6.07) is 2.48. The summed E-state index contributed by atoms with van der Waals surface area (Å²) < 4.78 is 65.1. The van der Waals surface area contributed by atoms with Crippen LogP contribution < -0.4 is 9.80 Å². The number of aromatic nitrogens is 5. The van der Waals surface area contributed by atoms with Gasteiger partial charge in [-0.05, 0) is 25.0 Å². The zero-order valence-electron chi connectivity index (χ0n) is 16.9. The van der Waals surface area contributed by atoms with E-state index >= 15 is 0 Å². The molecule has 0 saturated carbocycles. The minimum Gasteiger partial charge on any atom is -0.370 e. The minimum absolute atomic E-state index is 0.0131. The first-order valence-electron chi connectivity index (χ1n) is 10.2. The van der Waals surface area contributed by atoms with Gasteiger partial charge in [-0.1, -0.05) is 0 Å². The van der Waals surface area contributed by atoms with Gasteiger partial charge < -0.3 is 9.80 Å². The summed E-state index contributed by atoms with van der Waals surface area (Å²) in [5.74, 6) is 0.604. The molecular weight excluding hydrogens is 433 g/mol. The van der Waals surface area contributed by atoms with Crippen LogP contribution in [0.2, 0.25) is 0 Å². The van der Waals surface area contributed by atoms with E-state index in [1.165, 1.54) is 18.5 Å². The van der Waals surface area contributed by atoms with Crippen molar-refractivity contribution in [1.82, 2.24) is 24.7 Å². The first kappa shape index (κ1) is 20.8. The number of halogens is 5. The topological polar surface area (TPSA) is 63.0 Å². The van der Waals surface area contributed by atoms with Crippen molar-refractivity contribution in [2.24, 2.45) is 5.41 Å². The van der Waals surface area contributed by atoms with Crippen LogP contribution in [0.15, 0.2) is 30.7 Å². The second-order valence-corrected chi connectivity index (χ2v) is 8.44. The predicted octanol–water partition coefficient (Wildman–Crippen LogP) is 3.61. The summed E-state index contributed by atoms with van der Waals surface area (Å²) in [6.07, 6.45) is -0.769. The molecule has 2 saturated heterocycles. The standard InChI is InChI=1S/C20H20F5N7/c21-16(22)9-32-18-14(7-28-32)26-8-17(29-18)31-11-19(12-31)4-1-5-30(10-19)13-2-3-15(27-6-13)20(23,24)25/h2-3,6-8,16H,1,4-5,9-12H2. The molecule has 2 aliphatic heterocycles. The third-order valence-corrected chi connectivity index (χ3v) is 6.08. The number of anilines is 2. The van der Waals surface area contributed by atoms with Gasteiger partial charge in [0.15, 0.2) is 5.65 Å². The summed E-state index contributed by atoms with van der Waals surface area (Å²) in [7, 11) is 0. The molecule has 0 bridgehead atoms. The fourth-order valence-corrected chi connectivity index (χ4v) is 4.61. The Morgan fingerprint density at radius 2 is 1.78 bits per heavy atom. The Hall–Kier alpha value is -3.05. The summed E-state index contributed by atoms with van der Waals surface area (Å²) in [6.45, 7) is 2.34. The van der Waals surface area contributed by atoms with Crippen molar-refractivity contribution in [1.29, 1.82) is 0 Å². The lowest BCUT2D eigenvalue weighted by Crippen LogP contribution is -2.63. The van der Waals surface area contributed by atoms with Crippen LogP contribution in [0.25, 0.3) is 11.2 Å². The molecule has 0 unspecified atom stereocenters. The molecule has 32 heavy (non-hydrogen) atoms. The van der Waals surface area contributed by atoms with Gasteiger partial charge in [0.2, 0.25) is 0 Å². The summed E-state index contributed by atoms with van der Waals surface area (Å²) >= 11 is 0. The molecule has 7 nitrogen and oxygen atoms in total. The molecule has 5 rings (SSSR count). The van der Waals surface area contributed by atoms with Crippen molar-refractivity contribution in [2.75, 3.05) is 36.0 Å². The van der Waals surface area contributed by atoms with Crippen molar-refractivity contribution in [3.63, 3.8) is 0 Å². The molecule has 3 aromatic rings. The Labute approximate surface area is 179 Å². The maximum Gasteiger partial charge on any atom is 0.433 e. The van der Waals surface area contributed by atoms with Gasteiger partial charge in [-0.15, -0.1) is 0 Å². The second-order valence-electron chi connectivity index (χ2n) is 8.44. The summed E-state index contributed by atoms with van der Waals surface area (Å²) in [5.41, 5.74) is 0.546. The fourth-order valence-electron chi connectivity index (χ4n) is 4.61. The van der Waals surface area contributed by atoms with Crippen molar-refractivity contribution >= 4 is 22.7 Å². The van der Waals surface area contributed by atoms with Gasteiger partial charge >= 0.3 is 6.18 Å². The SMILES string of the molecule is FC(F)Cn1ncc2ncc(N3CC4(CCCN(c5ccc(C(F)(F)F)nc5)C4)C3)nc21. The Morgan fingerprint density at radius 1 is 1.00 bits per heavy atom. The minimum atomic E-state index is -4.46. The normalized spacial score (nSPS) is 18.6. The molecule has 170 valence electrons. The van der Waals surface area contributed by atoms with E-state index < -0.39 is 24.8 Å². The van der Waals surface area contributed by atoms with Gasteiger partial charge in [0.25, 0.3) is 6.43 Å². The van der Waals surface area contributed by atoms with Crippen molar-refractivity contribution < 1.29 is 22.0 Å². The zero-order valence-corrected chi connectivity index (χ0v) is 16.9. The smallest absolute Gasteiger partial charge is 0.370 e. The van der Waals surface area contributed by atoms with E-state index in [4.69, 9.17) is 0 Å². The molecule has 1 spiro atoms. The Morgan fingerprint density at radius 3 is 2.47 bits per heavy atom. The predicted molar refractivity (Wildman–Crippen MR) is 107 cm³/mol. The molecule has 0 atom stereocenters. The number of fused-ring (bicyclic) bond motifs is 1. The number of hydrogen-bond donors (Lipinski definition) is 0. The number of piperidine rings is 1. The van der Waals surface area contributed by atoms with E-state index in [1.54, 1.807) is 6.20 Å². The third-order valence-electron chi connectivity index (χ3n) is 6.08. The first-order chi connectivity index (χ1) is 15.2. The van der Waals surface area contributed by atoms with Crippen molar-refractivity contribution in [3.05, 3.63) is 36.4 Å². The number of nitrogens with zero attached hydrogens (tertiary/aromatic N) is 7. The summed E-state index contributed by atoms with van der Waals surface area (Å²) in [4.78, 5) is 16.5. The van der Waals surface area contributed by atoms with E-state index in [0.29, 0.717) is 42.3 Å². The van der Waals surface area contributed by atoms with E-state index in [1.807, 2.05) is 4.90 Å². The third kappa shape index (κ3) is 3.82. The molecule has 0 N–H and O–H groups in total. The highest BCUT2D eigenvalue weighted by atomic mass is 19.4. The molecule has 0 amide bonds. The van der Waals surface area contributed by atoms with Crippen molar-refractivity contribution in [2.45, 2.75) is 32.0 Å². The molecule has 0 aliphatic carbocycles. The number of alkyl halides is 5. The quantitative estimate of drug-likeness (QED) is 0.563. The van der Waals surface area contributed by atoms with Crippen LogP contribution in [0.3, 0.4) is 0 Å². The van der Waals surface area contributed by atoms with Gasteiger partial charge in [-0.25, -0.2) is 28.4 Å². The van der Waals surface area contributed by atoms with Crippen LogP contribution >= 0.6 is 0 Å². The van der Waals surface area contributed by atoms with Crippen LogP contribution in [0, 0.1) is 5.41 Å². The number of rotatable bonds is 4. The number of pyridine rings is 1. The molecular formula is C20H20F5N7. The lowest BCUT2D eigenvalue weighted by molar-refractivity contribution is -0.141. The Balaban J connectivity index is 1.28. The average molecular weight is 453 g/mol. The van der Waals surface area contributed by atoms with Crippen LogP contribution in [-0.4, -0.2) is 57.3 Å². The van der Waals surface area contributed by atoms with Gasteiger partial charge in [0.05, 0.1) is 24.3 Å². The van der Waals surface area contributed by atoms with E-state index in [2.05, 4.69) is 25.0 Å². The molecule has 2 aliphatic rings. The Bertz CT molecular complexity index is 1110. The van der Waals surface area contributed by atoms with Crippen LogP contribution in [0.4, 0.5) is 33.5 Å². The highest BCUT2D eigenvalue weighted by Gasteiger charge is 2.46. The maximum absolute atomic E-state index is 12.8. The monoisotopic (exact) mass is 453 g/mol. The lowest BCUT2D eigenvalue weighted by atomic mass is 9.73. The first-order valence-corrected chi connectivity index (χ1v) is 10.2. The number of hydrogen-bond acceptors (Lipinski definition) is 6. The largest absolute Gasteiger partial charge is 0.433 e. The fraction of sp³-hybridized carbons (Fsp3) is 0.500. The molecule has 0 radical (unpaired) electrons. The van der Waals surface area contributed by atoms with Gasteiger partial charge in [0.1, 0.15) is 23.6 Å². The molecule has 2 fully saturated rings. The van der Waals surface area contributed by atoms with Gasteiger partial charge in [0, 0.05) is 31.6 Å². The molecule has 5 heterocycles. The average Bonchev–Trinajstić information content (AvgIpc) is 3.13. The summed E-state index contributed by atoms with van der Waals surface area (Å²) in [5, 5.41) is 3.94. The molecule has 3 aromatic heterocycles. The van der Waals surface area contributed by atoms with Crippen molar-refractivity contribution in [3.8, 4) is 0 Å². The van der Waals surface area contributed by atoms with Crippen LogP contribution in [0.5, 0.6) is 0 Å². The van der Waals surface area contributed by atoms with Crippen LogP contribution in [0.1, 0.15) is 18.5 Å².